The fourth-order valence-electron chi connectivity index (χ4n) is 1.91. The molecule has 0 spiro atoms. The average Bonchev–Trinajstić information content (AvgIpc) is 2.34. The van der Waals surface area contributed by atoms with Crippen LogP contribution in [0.25, 0.3) is 0 Å². The average molecular weight is 265 g/mol. The Kier molecular flexibility index (Phi) is 4.32. The van der Waals surface area contributed by atoms with E-state index < -0.39 is 5.79 Å². The monoisotopic (exact) mass is 265 g/mol. The molecule has 1 aromatic carbocycles. The van der Waals surface area contributed by atoms with Gasteiger partial charge in [-0.1, -0.05) is 0 Å². The second-order valence-corrected chi connectivity index (χ2v) is 5.55. The van der Waals surface area contributed by atoms with Crippen molar-refractivity contribution >= 4 is 5.69 Å². The summed E-state index contributed by atoms with van der Waals surface area (Å²) in [4.78, 5) is 0. The summed E-state index contributed by atoms with van der Waals surface area (Å²) in [6.45, 7) is 9.20. The Labute approximate surface area is 115 Å². The molecule has 0 saturated carbocycles. The Balaban J connectivity index is 1.86. The zero-order chi connectivity index (χ0) is 13.9. The van der Waals surface area contributed by atoms with E-state index in [0.717, 1.165) is 11.4 Å². The topological polar surface area (TPSA) is 39.7 Å². The predicted molar refractivity (Wildman–Crippen MR) is 75.6 cm³/mol. The number of anilines is 1. The van der Waals surface area contributed by atoms with Crippen LogP contribution in [0.1, 0.15) is 27.7 Å². The fraction of sp³-hybridized carbons (Fsp3) is 0.600. The van der Waals surface area contributed by atoms with Gasteiger partial charge in [-0.05, 0) is 52.0 Å². The molecule has 0 atom stereocenters. The van der Waals surface area contributed by atoms with Crippen molar-refractivity contribution in [3.8, 4) is 5.75 Å². The minimum Gasteiger partial charge on any atom is -0.491 e. The highest BCUT2D eigenvalue weighted by Crippen LogP contribution is 2.21. The van der Waals surface area contributed by atoms with Gasteiger partial charge in [-0.3, -0.25) is 0 Å². The van der Waals surface area contributed by atoms with Crippen molar-refractivity contribution in [2.75, 3.05) is 18.5 Å². The molecule has 1 aliphatic rings. The molecule has 106 valence electrons. The lowest BCUT2D eigenvalue weighted by Crippen LogP contribution is -2.45. The van der Waals surface area contributed by atoms with Crippen LogP contribution in [0.3, 0.4) is 0 Å². The van der Waals surface area contributed by atoms with Crippen LogP contribution in [0.2, 0.25) is 0 Å². The van der Waals surface area contributed by atoms with Crippen LogP contribution in [0, 0.1) is 0 Å². The van der Waals surface area contributed by atoms with Crippen LogP contribution in [0.15, 0.2) is 24.3 Å². The predicted octanol–water partition coefficient (Wildman–Crippen LogP) is 3.04. The van der Waals surface area contributed by atoms with Gasteiger partial charge in [0.25, 0.3) is 0 Å². The van der Waals surface area contributed by atoms with Gasteiger partial charge in [0.15, 0.2) is 5.79 Å². The third-order valence-electron chi connectivity index (χ3n) is 2.86. The molecule has 4 nitrogen and oxygen atoms in total. The first-order valence-electron chi connectivity index (χ1n) is 6.76. The van der Waals surface area contributed by atoms with Crippen LogP contribution in [-0.4, -0.2) is 31.1 Å². The van der Waals surface area contributed by atoms with Gasteiger partial charge in [-0.25, -0.2) is 0 Å². The van der Waals surface area contributed by atoms with E-state index >= 15 is 0 Å². The second-order valence-electron chi connectivity index (χ2n) is 5.55. The van der Waals surface area contributed by atoms with E-state index in [-0.39, 0.29) is 12.1 Å². The van der Waals surface area contributed by atoms with Crippen molar-refractivity contribution < 1.29 is 14.2 Å². The Morgan fingerprint density at radius 2 is 1.74 bits per heavy atom. The molecule has 1 aromatic rings. The van der Waals surface area contributed by atoms with Crippen molar-refractivity contribution in [3.05, 3.63) is 24.3 Å². The molecule has 0 bridgehead atoms. The van der Waals surface area contributed by atoms with Gasteiger partial charge in [-0.15, -0.1) is 0 Å². The summed E-state index contributed by atoms with van der Waals surface area (Å²) in [7, 11) is 0. The van der Waals surface area contributed by atoms with E-state index in [0.29, 0.717) is 13.2 Å². The minimum atomic E-state index is -0.465. The Hall–Kier alpha value is -1.26. The molecule has 1 saturated heterocycles. The minimum absolute atomic E-state index is 0.185. The maximum Gasteiger partial charge on any atom is 0.162 e. The maximum atomic E-state index is 5.62. The van der Waals surface area contributed by atoms with Gasteiger partial charge in [0.2, 0.25) is 0 Å². The molecular weight excluding hydrogens is 242 g/mol. The van der Waals surface area contributed by atoms with Crippen molar-refractivity contribution in [3.63, 3.8) is 0 Å². The molecular formula is C15H23NO3. The molecule has 2 rings (SSSR count). The normalized spacial score (nSPS) is 19.4. The van der Waals surface area contributed by atoms with Gasteiger partial charge in [0, 0.05) is 5.69 Å². The second kappa shape index (κ2) is 5.80. The van der Waals surface area contributed by atoms with Crippen LogP contribution < -0.4 is 10.1 Å². The first kappa shape index (κ1) is 14.2. The van der Waals surface area contributed by atoms with Crippen LogP contribution in [0.4, 0.5) is 5.69 Å². The number of ether oxygens (including phenoxy) is 3. The lowest BCUT2D eigenvalue weighted by atomic mass is 10.2. The van der Waals surface area contributed by atoms with E-state index in [4.69, 9.17) is 14.2 Å². The smallest absolute Gasteiger partial charge is 0.162 e. The summed E-state index contributed by atoms with van der Waals surface area (Å²) in [5, 5.41) is 3.39. The largest absolute Gasteiger partial charge is 0.491 e. The number of benzene rings is 1. The lowest BCUT2D eigenvalue weighted by molar-refractivity contribution is -0.247. The first-order valence-corrected chi connectivity index (χ1v) is 6.76. The quantitative estimate of drug-likeness (QED) is 0.908. The molecule has 0 radical (unpaired) electrons. The van der Waals surface area contributed by atoms with E-state index in [1.54, 1.807) is 0 Å². The molecule has 1 heterocycles. The molecule has 1 N–H and O–H groups in total. The molecule has 0 unspecified atom stereocenters. The van der Waals surface area contributed by atoms with E-state index in [1.165, 1.54) is 0 Å². The van der Waals surface area contributed by atoms with Gasteiger partial charge in [0.1, 0.15) is 5.75 Å². The van der Waals surface area contributed by atoms with Crippen molar-refractivity contribution in [2.45, 2.75) is 45.6 Å². The van der Waals surface area contributed by atoms with E-state index in [2.05, 4.69) is 5.32 Å². The number of nitrogens with one attached hydrogen (secondary N) is 1. The van der Waals surface area contributed by atoms with Gasteiger partial charge in [-0.2, -0.15) is 0 Å². The maximum absolute atomic E-state index is 5.62. The van der Waals surface area contributed by atoms with Crippen LogP contribution in [-0.2, 0) is 9.47 Å². The molecule has 0 amide bonds. The van der Waals surface area contributed by atoms with Crippen molar-refractivity contribution in [1.29, 1.82) is 0 Å². The molecule has 0 aromatic heterocycles. The summed E-state index contributed by atoms with van der Waals surface area (Å²) in [5.41, 5.74) is 1.05. The third-order valence-corrected chi connectivity index (χ3v) is 2.86. The van der Waals surface area contributed by atoms with Crippen LogP contribution >= 0.6 is 0 Å². The molecule has 19 heavy (non-hydrogen) atoms. The Bertz CT molecular complexity index is 390. The summed E-state index contributed by atoms with van der Waals surface area (Å²) >= 11 is 0. The van der Waals surface area contributed by atoms with E-state index in [9.17, 15) is 0 Å². The highest BCUT2D eigenvalue weighted by Gasteiger charge is 2.28. The van der Waals surface area contributed by atoms with Gasteiger partial charge >= 0.3 is 0 Å². The summed E-state index contributed by atoms with van der Waals surface area (Å²) in [5.74, 6) is 0.422. The van der Waals surface area contributed by atoms with Crippen molar-refractivity contribution in [1.82, 2.24) is 0 Å². The molecule has 0 aliphatic carbocycles. The van der Waals surface area contributed by atoms with Crippen molar-refractivity contribution in [2.24, 2.45) is 0 Å². The zero-order valence-electron chi connectivity index (χ0n) is 12.1. The van der Waals surface area contributed by atoms with Gasteiger partial charge < -0.3 is 19.5 Å². The fourth-order valence-corrected chi connectivity index (χ4v) is 1.91. The SMILES string of the molecule is CC(C)Oc1ccc(NC2COC(C)(C)OC2)cc1. The van der Waals surface area contributed by atoms with Gasteiger partial charge in [0.05, 0.1) is 25.4 Å². The standard InChI is InChI=1S/C15H23NO3/c1-11(2)19-14-7-5-12(6-8-14)16-13-9-17-15(3,4)18-10-13/h5-8,11,13,16H,9-10H2,1-4H3. The summed E-state index contributed by atoms with van der Waals surface area (Å²) in [6.07, 6.45) is 0.196. The summed E-state index contributed by atoms with van der Waals surface area (Å²) < 4.78 is 16.8. The first-order chi connectivity index (χ1) is 8.94. The number of hydrogen-bond acceptors (Lipinski definition) is 4. The number of rotatable bonds is 4. The zero-order valence-corrected chi connectivity index (χ0v) is 12.1. The Morgan fingerprint density at radius 3 is 2.26 bits per heavy atom. The lowest BCUT2D eigenvalue weighted by Gasteiger charge is -2.35. The molecule has 4 heteroatoms. The Morgan fingerprint density at radius 1 is 1.16 bits per heavy atom. The highest BCUT2D eigenvalue weighted by molar-refractivity contribution is 5.47. The third kappa shape index (κ3) is 4.40. The van der Waals surface area contributed by atoms with Crippen LogP contribution in [0.5, 0.6) is 5.75 Å². The number of hydrogen-bond donors (Lipinski definition) is 1. The summed E-state index contributed by atoms with van der Waals surface area (Å²) in [6, 6.07) is 8.15. The highest BCUT2D eigenvalue weighted by atomic mass is 16.7. The molecule has 1 fully saturated rings. The van der Waals surface area contributed by atoms with E-state index in [1.807, 2.05) is 52.0 Å². The molecule has 1 aliphatic heterocycles.